The first-order valence-electron chi connectivity index (χ1n) is 3.01. The van der Waals surface area contributed by atoms with Gasteiger partial charge in [0.25, 0.3) is 0 Å². The van der Waals surface area contributed by atoms with Crippen molar-refractivity contribution >= 4 is 0 Å². The number of rotatable bonds is 1. The molecule has 0 spiro atoms. The summed E-state index contributed by atoms with van der Waals surface area (Å²) in [5.74, 6) is 0.467. The Morgan fingerprint density at radius 1 is 1.67 bits per heavy atom. The zero-order valence-corrected chi connectivity index (χ0v) is 5.70. The van der Waals surface area contributed by atoms with Crippen molar-refractivity contribution in [2.75, 3.05) is 0 Å². The van der Waals surface area contributed by atoms with E-state index in [1.807, 2.05) is 6.07 Å². The van der Waals surface area contributed by atoms with Gasteiger partial charge in [0.2, 0.25) is 0 Å². The van der Waals surface area contributed by atoms with Gasteiger partial charge in [0.05, 0.1) is 5.69 Å². The Hall–Kier alpha value is -0.790. The molecule has 0 aliphatic carbocycles. The van der Waals surface area contributed by atoms with Crippen LogP contribution in [0.15, 0.2) is 12.3 Å². The molecule has 1 rings (SSSR count). The largest absolute Gasteiger partial charge is 0.265 e. The molecule has 0 amide bonds. The standard InChI is InChI=1S/C7H10N2/c1-6(2)7-4-5-9(3)8-7/h3-6H,1-2H3. The van der Waals surface area contributed by atoms with Gasteiger partial charge in [-0.05, 0) is 12.0 Å². The van der Waals surface area contributed by atoms with Gasteiger partial charge >= 0.3 is 0 Å². The van der Waals surface area contributed by atoms with Gasteiger partial charge in [0.15, 0.2) is 0 Å². The second-order valence-corrected chi connectivity index (χ2v) is 2.38. The summed E-state index contributed by atoms with van der Waals surface area (Å²) in [6.45, 7) is 4.17. The van der Waals surface area contributed by atoms with Gasteiger partial charge in [0, 0.05) is 6.20 Å². The fraction of sp³-hybridized carbons (Fsp3) is 0.429. The van der Waals surface area contributed by atoms with Crippen molar-refractivity contribution in [2.24, 2.45) is 0 Å². The van der Waals surface area contributed by atoms with Crippen LogP contribution in [-0.2, 0) is 0 Å². The van der Waals surface area contributed by atoms with Crippen molar-refractivity contribution < 1.29 is 0 Å². The third-order valence-electron chi connectivity index (χ3n) is 1.22. The zero-order valence-electron chi connectivity index (χ0n) is 5.70. The molecular formula is C7H10N2. The first-order chi connectivity index (χ1) is 4.20. The van der Waals surface area contributed by atoms with Gasteiger partial charge in [-0.1, -0.05) is 13.8 Å². The predicted octanol–water partition coefficient (Wildman–Crippen LogP) is 1.52. The Morgan fingerprint density at radius 2 is 2.33 bits per heavy atom. The smallest absolute Gasteiger partial charge is 0.101 e. The van der Waals surface area contributed by atoms with E-state index in [4.69, 9.17) is 7.05 Å². The summed E-state index contributed by atoms with van der Waals surface area (Å²) >= 11 is 0. The lowest BCUT2D eigenvalue weighted by Gasteiger charge is -1.95. The molecule has 48 valence electrons. The topological polar surface area (TPSA) is 17.8 Å². The Kier molecular flexibility index (Phi) is 1.56. The van der Waals surface area contributed by atoms with Crippen molar-refractivity contribution in [3.05, 3.63) is 25.0 Å². The lowest BCUT2D eigenvalue weighted by molar-refractivity contribution is 0.766. The highest BCUT2D eigenvalue weighted by Gasteiger charge is 1.99. The maximum Gasteiger partial charge on any atom is 0.101 e. The van der Waals surface area contributed by atoms with Crippen molar-refractivity contribution in [2.45, 2.75) is 19.8 Å². The monoisotopic (exact) mass is 122 g/mol. The highest BCUT2D eigenvalue weighted by molar-refractivity contribution is 5.03. The molecule has 0 aromatic carbocycles. The minimum Gasteiger partial charge on any atom is -0.265 e. The second kappa shape index (κ2) is 2.21. The highest BCUT2D eigenvalue weighted by atomic mass is 15.2. The van der Waals surface area contributed by atoms with Crippen LogP contribution in [0.3, 0.4) is 0 Å². The molecule has 2 radical (unpaired) electrons. The summed E-state index contributed by atoms with van der Waals surface area (Å²) in [6, 6.07) is 1.92. The summed E-state index contributed by atoms with van der Waals surface area (Å²) in [7, 11) is 5.32. The number of hydrogen-bond acceptors (Lipinski definition) is 1. The van der Waals surface area contributed by atoms with Crippen LogP contribution in [0.1, 0.15) is 25.5 Å². The molecule has 2 nitrogen and oxygen atoms in total. The van der Waals surface area contributed by atoms with E-state index < -0.39 is 0 Å². The summed E-state index contributed by atoms with van der Waals surface area (Å²) in [6.07, 6.45) is 1.75. The molecule has 0 unspecified atom stereocenters. The maximum absolute atomic E-state index is 5.32. The average Bonchev–Trinajstić information content (AvgIpc) is 2.14. The second-order valence-electron chi connectivity index (χ2n) is 2.38. The Bertz CT molecular complexity index is 189. The summed E-state index contributed by atoms with van der Waals surface area (Å²) < 4.78 is 1.33. The van der Waals surface area contributed by atoms with Gasteiger partial charge in [-0.15, -0.1) is 0 Å². The number of nitrogens with zero attached hydrogens (tertiary/aromatic N) is 2. The molecule has 1 aromatic heterocycles. The summed E-state index contributed by atoms with van der Waals surface area (Å²) in [5, 5.41) is 4.00. The molecular weight excluding hydrogens is 112 g/mol. The molecule has 0 aliphatic heterocycles. The SMILES string of the molecule is [CH]n1ccc(C(C)C)n1. The van der Waals surface area contributed by atoms with Crippen LogP contribution in [0.2, 0.25) is 0 Å². The molecule has 0 aliphatic rings. The van der Waals surface area contributed by atoms with Gasteiger partial charge < -0.3 is 0 Å². The quantitative estimate of drug-likeness (QED) is 0.552. The van der Waals surface area contributed by atoms with E-state index in [0.717, 1.165) is 5.69 Å². The van der Waals surface area contributed by atoms with E-state index in [1.54, 1.807) is 6.20 Å². The van der Waals surface area contributed by atoms with E-state index in [0.29, 0.717) is 5.92 Å². The Balaban J connectivity index is 2.85. The minimum atomic E-state index is 0.467. The van der Waals surface area contributed by atoms with Gasteiger partial charge in [0.1, 0.15) is 7.05 Å². The highest BCUT2D eigenvalue weighted by Crippen LogP contribution is 2.09. The van der Waals surface area contributed by atoms with Crippen LogP contribution in [0.5, 0.6) is 0 Å². The lowest BCUT2D eigenvalue weighted by Crippen LogP contribution is -1.90. The Morgan fingerprint density at radius 3 is 2.56 bits per heavy atom. The Labute approximate surface area is 55.5 Å². The minimum absolute atomic E-state index is 0.467. The van der Waals surface area contributed by atoms with Gasteiger partial charge in [-0.3, -0.25) is 4.68 Å². The van der Waals surface area contributed by atoms with E-state index in [-0.39, 0.29) is 0 Å². The zero-order chi connectivity index (χ0) is 6.85. The summed E-state index contributed by atoms with van der Waals surface area (Å²) in [4.78, 5) is 0. The molecule has 0 fully saturated rings. The third-order valence-corrected chi connectivity index (χ3v) is 1.22. The fourth-order valence-electron chi connectivity index (χ4n) is 0.661. The molecule has 0 bridgehead atoms. The van der Waals surface area contributed by atoms with Crippen LogP contribution >= 0.6 is 0 Å². The molecule has 0 saturated heterocycles. The van der Waals surface area contributed by atoms with Crippen LogP contribution in [0.25, 0.3) is 0 Å². The van der Waals surface area contributed by atoms with Crippen molar-refractivity contribution in [1.29, 1.82) is 0 Å². The molecule has 9 heavy (non-hydrogen) atoms. The molecule has 0 atom stereocenters. The average molecular weight is 122 g/mol. The predicted molar refractivity (Wildman–Crippen MR) is 36.0 cm³/mol. The van der Waals surface area contributed by atoms with E-state index in [1.165, 1.54) is 4.68 Å². The van der Waals surface area contributed by atoms with Gasteiger partial charge in [-0.25, -0.2) is 0 Å². The van der Waals surface area contributed by atoms with Gasteiger partial charge in [-0.2, -0.15) is 5.10 Å². The molecule has 0 saturated carbocycles. The first kappa shape index (κ1) is 6.33. The van der Waals surface area contributed by atoms with Crippen LogP contribution in [-0.4, -0.2) is 9.78 Å². The van der Waals surface area contributed by atoms with E-state index in [2.05, 4.69) is 18.9 Å². The van der Waals surface area contributed by atoms with Crippen LogP contribution in [0.4, 0.5) is 0 Å². The summed E-state index contributed by atoms with van der Waals surface area (Å²) in [5.41, 5.74) is 1.04. The van der Waals surface area contributed by atoms with Crippen molar-refractivity contribution in [3.63, 3.8) is 0 Å². The number of aromatic nitrogens is 2. The van der Waals surface area contributed by atoms with Crippen LogP contribution < -0.4 is 0 Å². The van der Waals surface area contributed by atoms with Crippen molar-refractivity contribution in [3.8, 4) is 0 Å². The fourth-order valence-corrected chi connectivity index (χ4v) is 0.661. The molecule has 1 heterocycles. The molecule has 1 aromatic rings. The van der Waals surface area contributed by atoms with Crippen LogP contribution in [0, 0.1) is 7.05 Å². The normalized spacial score (nSPS) is 10.7. The lowest BCUT2D eigenvalue weighted by atomic mass is 10.1. The van der Waals surface area contributed by atoms with E-state index in [9.17, 15) is 0 Å². The third kappa shape index (κ3) is 1.31. The van der Waals surface area contributed by atoms with Crippen molar-refractivity contribution in [1.82, 2.24) is 9.78 Å². The first-order valence-corrected chi connectivity index (χ1v) is 3.01. The number of hydrogen-bond donors (Lipinski definition) is 0. The maximum atomic E-state index is 5.32. The molecule has 2 heteroatoms. The van der Waals surface area contributed by atoms with E-state index >= 15 is 0 Å². The molecule has 0 N–H and O–H groups in total.